The highest BCUT2D eigenvalue weighted by Gasteiger charge is 2.53. The van der Waals surface area contributed by atoms with Gasteiger partial charge in [-0.1, -0.05) is 11.6 Å². The zero-order chi connectivity index (χ0) is 39.5. The number of ether oxygens (including phenoxy) is 2. The molecule has 298 valence electrons. The van der Waals surface area contributed by atoms with Gasteiger partial charge in [0.25, 0.3) is 0 Å². The Morgan fingerprint density at radius 2 is 1.07 bits per heavy atom. The predicted molar refractivity (Wildman–Crippen MR) is 188 cm³/mol. The zero-order valence-corrected chi connectivity index (χ0v) is 32.4. The molecule has 0 amide bonds. The molecule has 0 radical (unpaired) electrons. The molecule has 2 fully saturated rings. The van der Waals surface area contributed by atoms with Gasteiger partial charge in [0.2, 0.25) is 4.86 Å². The molecule has 4 unspecified atom stereocenters. The fraction of sp³-hybridized carbons (Fsp3) is 0.524. The van der Waals surface area contributed by atoms with E-state index in [4.69, 9.17) is 65.2 Å². The van der Waals surface area contributed by atoms with Gasteiger partial charge in [0.1, 0.15) is 60.3 Å². The Labute approximate surface area is 316 Å². The molecule has 0 aromatic carbocycles. The van der Waals surface area contributed by atoms with E-state index < -0.39 is 95.8 Å². The monoisotopic (exact) mass is 900 g/mol. The number of alkyl halides is 1. The third kappa shape index (κ3) is 8.41. The van der Waals surface area contributed by atoms with E-state index >= 15 is 0 Å². The number of fused-ring (bicyclic) bond motifs is 2. The van der Waals surface area contributed by atoms with E-state index in [1.807, 2.05) is 0 Å². The van der Waals surface area contributed by atoms with Gasteiger partial charge in [0, 0.05) is 0 Å². The summed E-state index contributed by atoms with van der Waals surface area (Å²) < 4.78 is 58.7. The zero-order valence-electron chi connectivity index (χ0n) is 26.5. The maximum absolute atomic E-state index is 13.0. The molecular weight excluding hydrogens is 872 g/mol. The van der Waals surface area contributed by atoms with Crippen LogP contribution < -0.4 is 11.5 Å². The van der Waals surface area contributed by atoms with Gasteiger partial charge >= 0.3 is 28.6 Å². The molecule has 0 bridgehead atoms. The summed E-state index contributed by atoms with van der Waals surface area (Å²) in [5.41, 5.74) is 12.1. The van der Waals surface area contributed by atoms with Crippen molar-refractivity contribution in [1.29, 1.82) is 0 Å². The number of aliphatic hydroxyl groups is 4. The van der Waals surface area contributed by atoms with Gasteiger partial charge in [-0.3, -0.25) is 18.3 Å². The smallest absolute Gasteiger partial charge is 0.365 e. The van der Waals surface area contributed by atoms with Crippen LogP contribution in [0.4, 0.5) is 11.6 Å². The second-order valence-corrected chi connectivity index (χ2v) is 22.6. The summed E-state index contributed by atoms with van der Waals surface area (Å²) in [6, 6.07) is 0. The fourth-order valence-electron chi connectivity index (χ4n) is 5.25. The Kier molecular flexibility index (Phi) is 12.0. The molecule has 26 nitrogen and oxygen atoms in total. The van der Waals surface area contributed by atoms with Crippen molar-refractivity contribution in [3.8, 4) is 0 Å². The number of nitrogen functional groups attached to an aromatic ring is 2. The number of nitrogens with two attached hydrogens (primary N) is 2. The van der Waals surface area contributed by atoms with Crippen LogP contribution in [0, 0.1) is 0 Å². The molecule has 4 aromatic heterocycles. The van der Waals surface area contributed by atoms with E-state index in [-0.39, 0.29) is 34.0 Å². The van der Waals surface area contributed by atoms with Crippen molar-refractivity contribution in [3.63, 3.8) is 0 Å². The number of halogens is 1. The van der Waals surface area contributed by atoms with Gasteiger partial charge in [-0.05, 0) is 23.6 Å². The number of aromatic nitrogens is 8. The quantitative estimate of drug-likeness (QED) is 0.0506. The first-order chi connectivity index (χ1) is 25.1. The normalized spacial score (nSPS) is 31.2. The summed E-state index contributed by atoms with van der Waals surface area (Å²) in [4.78, 5) is 62.6. The number of aliphatic hydroxyl groups excluding tert-OH is 4. The first kappa shape index (κ1) is 41.8. The summed E-state index contributed by atoms with van der Waals surface area (Å²) in [7, 11) is -11.4. The molecule has 33 heteroatoms. The van der Waals surface area contributed by atoms with Crippen molar-refractivity contribution in [2.24, 2.45) is 0 Å². The van der Waals surface area contributed by atoms with Crippen LogP contribution >= 0.6 is 40.2 Å². The fourth-order valence-corrected chi connectivity index (χ4v) is 14.2. The average molecular weight is 901 g/mol. The molecule has 0 aliphatic carbocycles. The standard InChI is InChI=1S/C21H29ClN10O16P4S2/c22-21(49(37,38)47-51(41,53)43-1-7-11(33)13(35)19(45-7)31-5-29-9-15(23)25-3-27-17(9)31)50(39,40)48-52(42,54)44-2-8-12(34)14(36)20(46-8)32-6-30-10-16(24)26-4-28-18(10)32/h3-8,11-14,19-21,33-36H,1-2H2,(H,37,38)(H,39,40)(H,41,53)(H,42,54)(H2,23,25,27)(H2,24,26,28)/t7-,8-,11-,12-,13-,14-,19-,20-,21?,51?,52?/m1/s1. The Balaban J connectivity index is 1.04. The molecule has 12 N–H and O–H groups in total. The van der Waals surface area contributed by atoms with Crippen molar-refractivity contribution < 1.29 is 76.3 Å². The Hall–Kier alpha value is -1.81. The summed E-state index contributed by atoms with van der Waals surface area (Å²) in [5, 5.41) is 42.3. The van der Waals surface area contributed by atoms with Crippen molar-refractivity contribution in [1.82, 2.24) is 39.0 Å². The van der Waals surface area contributed by atoms with E-state index in [1.54, 1.807) is 0 Å². The van der Waals surface area contributed by atoms with Crippen LogP contribution in [0.15, 0.2) is 25.3 Å². The number of nitrogens with zero attached hydrogens (tertiary/aromatic N) is 8. The summed E-state index contributed by atoms with van der Waals surface area (Å²) in [5.74, 6) is 0.0504. The molecule has 2 saturated heterocycles. The van der Waals surface area contributed by atoms with E-state index in [0.717, 1.165) is 12.7 Å². The van der Waals surface area contributed by atoms with E-state index in [0.29, 0.717) is 0 Å². The lowest BCUT2D eigenvalue weighted by Crippen LogP contribution is -2.33. The number of imidazole rings is 2. The molecule has 0 spiro atoms. The van der Waals surface area contributed by atoms with Crippen LogP contribution in [-0.2, 0) is 59.9 Å². The first-order valence-corrected chi connectivity index (χ1v) is 23.6. The lowest BCUT2D eigenvalue weighted by atomic mass is 10.1. The van der Waals surface area contributed by atoms with Crippen molar-refractivity contribution in [2.75, 3.05) is 24.7 Å². The van der Waals surface area contributed by atoms with Crippen LogP contribution in [0.25, 0.3) is 22.3 Å². The highest BCUT2D eigenvalue weighted by Crippen LogP contribution is 2.76. The lowest BCUT2D eigenvalue weighted by Gasteiger charge is -2.27. The van der Waals surface area contributed by atoms with Gasteiger partial charge in [-0.2, -0.15) is 0 Å². The van der Waals surface area contributed by atoms with E-state index in [1.165, 1.54) is 21.8 Å². The largest absolute Gasteiger partial charge is 0.387 e. The minimum Gasteiger partial charge on any atom is -0.387 e. The minimum absolute atomic E-state index is 0.0252. The second-order valence-electron chi connectivity index (χ2n) is 11.4. The SMILES string of the molecule is Nc1ncnc2c1ncn2[C@@H]1O[C@H](COP(O)(=S)OP(=O)(O)C(Cl)P(=O)(O)OP(O)(=S)OC[C@H]2O[C@@H](n3cnc4c(N)ncnc43)[C@H](O)[C@@H]2O)[C@@H](O)[C@H]1O. The van der Waals surface area contributed by atoms with Crippen LogP contribution in [0.2, 0.25) is 0 Å². The Morgan fingerprint density at radius 3 is 1.44 bits per heavy atom. The molecule has 6 heterocycles. The van der Waals surface area contributed by atoms with Crippen LogP contribution in [0.1, 0.15) is 12.5 Å². The summed E-state index contributed by atoms with van der Waals surface area (Å²) in [6.45, 7) is -11.5. The Morgan fingerprint density at radius 1 is 0.704 bits per heavy atom. The van der Waals surface area contributed by atoms with Crippen LogP contribution in [0.3, 0.4) is 0 Å². The molecule has 2 aliphatic heterocycles. The van der Waals surface area contributed by atoms with Gasteiger partial charge in [-0.15, -0.1) is 0 Å². The first-order valence-electron chi connectivity index (χ1n) is 14.7. The maximum Gasteiger partial charge on any atom is 0.365 e. The van der Waals surface area contributed by atoms with Crippen molar-refractivity contribution in [2.45, 2.75) is 53.9 Å². The minimum atomic E-state index is -5.72. The highest BCUT2D eigenvalue weighted by atomic mass is 35.5. The Bertz CT molecular complexity index is 2090. The lowest BCUT2D eigenvalue weighted by molar-refractivity contribution is -0.0486. The third-order valence-electron chi connectivity index (χ3n) is 7.78. The number of hydrogen-bond donors (Lipinski definition) is 10. The van der Waals surface area contributed by atoms with Crippen molar-refractivity contribution in [3.05, 3.63) is 25.3 Å². The molecule has 0 saturated carbocycles. The third-order valence-corrected chi connectivity index (χ3v) is 18.4. The molecular formula is C21H29ClN10O16P4S2. The van der Waals surface area contributed by atoms with E-state index in [9.17, 15) is 49.1 Å². The number of anilines is 2. The van der Waals surface area contributed by atoms with Gasteiger partial charge in [0.05, 0.1) is 25.9 Å². The molecule has 2 aliphatic rings. The summed E-state index contributed by atoms with van der Waals surface area (Å²) in [6.07, 6.45) is -7.48. The second kappa shape index (κ2) is 15.5. The maximum atomic E-state index is 13.0. The van der Waals surface area contributed by atoms with Gasteiger partial charge in [0.15, 0.2) is 35.4 Å². The predicted octanol–water partition coefficient (Wildman–Crippen LogP) is -1.54. The van der Waals surface area contributed by atoms with Crippen LogP contribution in [-0.4, -0.2) is 134 Å². The number of hydrogen-bond acceptors (Lipinski definition) is 22. The topological polar surface area (TPSA) is 391 Å². The highest BCUT2D eigenvalue weighted by molar-refractivity contribution is 8.09. The van der Waals surface area contributed by atoms with E-state index in [2.05, 4.69) is 38.5 Å². The molecule has 12 atom stereocenters. The van der Waals surface area contributed by atoms with Crippen LogP contribution in [0.5, 0.6) is 0 Å². The van der Waals surface area contributed by atoms with Gasteiger partial charge < -0.3 is 70.0 Å². The molecule has 6 rings (SSSR count). The molecule has 4 aromatic rings. The van der Waals surface area contributed by atoms with Gasteiger partial charge in [-0.25, -0.2) is 38.5 Å². The number of rotatable bonds is 14. The molecule has 54 heavy (non-hydrogen) atoms. The summed E-state index contributed by atoms with van der Waals surface area (Å²) >= 11 is 15.2. The average Bonchev–Trinajstić information content (AvgIpc) is 3.84. The van der Waals surface area contributed by atoms with Crippen molar-refractivity contribution >= 4 is 97.8 Å².